The van der Waals surface area contributed by atoms with Gasteiger partial charge in [-0.25, -0.2) is 4.79 Å². The van der Waals surface area contributed by atoms with Gasteiger partial charge in [0, 0.05) is 5.39 Å². The summed E-state index contributed by atoms with van der Waals surface area (Å²) in [6, 6.07) is 11.3. The van der Waals surface area contributed by atoms with E-state index in [0.717, 1.165) is 0 Å². The smallest absolute Gasteiger partial charge is 0.335 e. The van der Waals surface area contributed by atoms with Crippen LogP contribution in [0.25, 0.3) is 10.9 Å². The Labute approximate surface area is 129 Å². The molecule has 1 heterocycles. The molecule has 0 aliphatic rings. The molecule has 1 aromatic heterocycles. The average Bonchev–Trinajstić information content (AvgIpc) is 2.81. The molecule has 110 valence electrons. The molecule has 0 radical (unpaired) electrons. The first kappa shape index (κ1) is 14.1. The monoisotopic (exact) mass is 315 g/mol. The highest BCUT2D eigenvalue weighted by Crippen LogP contribution is 2.37. The quantitative estimate of drug-likeness (QED) is 0.614. The van der Waals surface area contributed by atoms with E-state index in [-0.39, 0.29) is 17.1 Å². The number of H-pyrrole nitrogens is 1. The Morgan fingerprint density at radius 2 is 1.91 bits per heavy atom. The number of azo groups is 1. The van der Waals surface area contributed by atoms with Gasteiger partial charge in [0.1, 0.15) is 5.69 Å². The van der Waals surface area contributed by atoms with Crippen LogP contribution < -0.4 is 0 Å². The van der Waals surface area contributed by atoms with Gasteiger partial charge in [-0.3, -0.25) is 0 Å². The van der Waals surface area contributed by atoms with Crippen molar-refractivity contribution in [2.24, 2.45) is 10.2 Å². The zero-order valence-electron chi connectivity index (χ0n) is 11.1. The zero-order valence-corrected chi connectivity index (χ0v) is 11.9. The number of nitrogens with one attached hydrogen (secondary N) is 1. The summed E-state index contributed by atoms with van der Waals surface area (Å²) in [6.45, 7) is 0. The van der Waals surface area contributed by atoms with E-state index in [0.29, 0.717) is 21.6 Å². The molecule has 0 aliphatic heterocycles. The summed E-state index contributed by atoms with van der Waals surface area (Å²) in [5.74, 6) is -1.25. The molecular formula is C15H10ClN3O3. The Morgan fingerprint density at radius 3 is 2.64 bits per heavy atom. The first-order valence-corrected chi connectivity index (χ1v) is 6.68. The summed E-state index contributed by atoms with van der Waals surface area (Å²) in [5, 5.41) is 27.8. The molecule has 0 bridgehead atoms. The maximum atomic E-state index is 11.0. The molecule has 0 fully saturated rings. The van der Waals surface area contributed by atoms with Crippen molar-refractivity contribution in [3.8, 4) is 5.88 Å². The van der Waals surface area contributed by atoms with Crippen LogP contribution in [0.3, 0.4) is 0 Å². The maximum absolute atomic E-state index is 11.0. The molecule has 0 aliphatic carbocycles. The number of hydrogen-bond acceptors (Lipinski definition) is 4. The fraction of sp³-hybridized carbons (Fsp3) is 0. The van der Waals surface area contributed by atoms with Gasteiger partial charge in [0.2, 0.25) is 5.88 Å². The number of aromatic hydroxyl groups is 1. The van der Waals surface area contributed by atoms with Gasteiger partial charge >= 0.3 is 5.97 Å². The Bertz CT molecular complexity index is 902. The van der Waals surface area contributed by atoms with E-state index in [4.69, 9.17) is 16.7 Å². The normalized spacial score (nSPS) is 11.3. The van der Waals surface area contributed by atoms with Crippen molar-refractivity contribution in [2.75, 3.05) is 0 Å². The van der Waals surface area contributed by atoms with Gasteiger partial charge in [-0.15, -0.1) is 10.2 Å². The average molecular weight is 316 g/mol. The second-order valence-electron chi connectivity index (χ2n) is 4.54. The van der Waals surface area contributed by atoms with Crippen LogP contribution in [-0.2, 0) is 0 Å². The maximum Gasteiger partial charge on any atom is 0.335 e. The largest absolute Gasteiger partial charge is 0.493 e. The van der Waals surface area contributed by atoms with E-state index in [2.05, 4.69) is 15.2 Å². The van der Waals surface area contributed by atoms with Gasteiger partial charge < -0.3 is 15.2 Å². The third-order valence-electron chi connectivity index (χ3n) is 3.11. The highest BCUT2D eigenvalue weighted by Gasteiger charge is 2.13. The number of fused-ring (bicyclic) bond motifs is 1. The van der Waals surface area contributed by atoms with Crippen molar-refractivity contribution >= 4 is 39.8 Å². The molecule has 22 heavy (non-hydrogen) atoms. The molecule has 3 N–H and O–H groups in total. The summed E-state index contributed by atoms with van der Waals surface area (Å²) >= 11 is 5.99. The van der Waals surface area contributed by atoms with E-state index in [1.165, 1.54) is 12.1 Å². The fourth-order valence-corrected chi connectivity index (χ4v) is 2.21. The lowest BCUT2D eigenvalue weighted by Crippen LogP contribution is -1.94. The molecule has 2 aromatic carbocycles. The van der Waals surface area contributed by atoms with Crippen molar-refractivity contribution < 1.29 is 15.0 Å². The number of nitrogens with zero attached hydrogens (tertiary/aromatic N) is 2. The number of carbonyl (C=O) groups is 1. The van der Waals surface area contributed by atoms with E-state index >= 15 is 0 Å². The predicted octanol–water partition coefficient (Wildman–Crippen LogP) is 4.64. The highest BCUT2D eigenvalue weighted by atomic mass is 35.5. The molecule has 0 spiro atoms. The molecule has 3 aromatic rings. The summed E-state index contributed by atoms with van der Waals surface area (Å²) < 4.78 is 0. The molecule has 0 amide bonds. The molecule has 0 unspecified atom stereocenters. The number of aromatic amines is 1. The number of hydrogen-bond donors (Lipinski definition) is 3. The van der Waals surface area contributed by atoms with Gasteiger partial charge in [0.05, 0.1) is 16.1 Å². The molecule has 0 saturated heterocycles. The molecule has 0 atom stereocenters. The van der Waals surface area contributed by atoms with Crippen LogP contribution in [0.1, 0.15) is 10.4 Å². The minimum Gasteiger partial charge on any atom is -0.493 e. The lowest BCUT2D eigenvalue weighted by Gasteiger charge is -1.97. The highest BCUT2D eigenvalue weighted by molar-refractivity contribution is 6.32. The number of benzene rings is 2. The Morgan fingerprint density at radius 1 is 1.14 bits per heavy atom. The van der Waals surface area contributed by atoms with Gasteiger partial charge in [0.25, 0.3) is 0 Å². The lowest BCUT2D eigenvalue weighted by atomic mass is 10.1. The van der Waals surface area contributed by atoms with Crippen LogP contribution in [0.2, 0.25) is 5.02 Å². The van der Waals surface area contributed by atoms with E-state index < -0.39 is 5.97 Å². The van der Waals surface area contributed by atoms with Crippen LogP contribution in [-0.4, -0.2) is 21.2 Å². The number of carboxylic acid groups (broad SMARTS) is 1. The summed E-state index contributed by atoms with van der Waals surface area (Å²) in [5.41, 5.74) is 1.28. The van der Waals surface area contributed by atoms with Gasteiger partial charge in [0.15, 0.2) is 5.69 Å². The lowest BCUT2D eigenvalue weighted by molar-refractivity contribution is 0.0697. The minimum absolute atomic E-state index is 0.0979. The molecule has 7 heteroatoms. The number of carboxylic acids is 1. The molecule has 0 saturated carbocycles. The standard InChI is InChI=1S/C15H10ClN3O3/c16-10-3-1-2-4-12(10)18-19-13-9-7-8(15(21)22)5-6-11(9)17-14(13)20/h1-7,17,20H,(H,21,22). The SMILES string of the molecule is O=C(O)c1ccc2[nH]c(O)c(N=Nc3ccccc3Cl)c2c1. The third-order valence-corrected chi connectivity index (χ3v) is 3.43. The second kappa shape index (κ2) is 5.50. The fourth-order valence-electron chi connectivity index (χ4n) is 2.03. The Hall–Kier alpha value is -2.86. The van der Waals surface area contributed by atoms with Crippen LogP contribution in [0.4, 0.5) is 11.4 Å². The van der Waals surface area contributed by atoms with Gasteiger partial charge in [-0.2, -0.15) is 0 Å². The minimum atomic E-state index is -1.06. The van der Waals surface area contributed by atoms with Crippen LogP contribution in [0.15, 0.2) is 52.7 Å². The number of aromatic carboxylic acids is 1. The summed E-state index contributed by atoms with van der Waals surface area (Å²) in [4.78, 5) is 13.8. The van der Waals surface area contributed by atoms with Crippen LogP contribution in [0, 0.1) is 0 Å². The summed E-state index contributed by atoms with van der Waals surface area (Å²) in [7, 11) is 0. The van der Waals surface area contributed by atoms with Crippen molar-refractivity contribution in [1.29, 1.82) is 0 Å². The van der Waals surface area contributed by atoms with Gasteiger partial charge in [-0.05, 0) is 30.3 Å². The number of rotatable bonds is 3. The van der Waals surface area contributed by atoms with Crippen molar-refractivity contribution in [2.45, 2.75) is 0 Å². The first-order chi connectivity index (χ1) is 10.6. The number of halogens is 1. The van der Waals surface area contributed by atoms with Crippen LogP contribution in [0.5, 0.6) is 5.88 Å². The van der Waals surface area contributed by atoms with Crippen molar-refractivity contribution in [3.63, 3.8) is 0 Å². The van der Waals surface area contributed by atoms with Crippen molar-refractivity contribution in [1.82, 2.24) is 4.98 Å². The Balaban J connectivity index is 2.10. The molecule has 6 nitrogen and oxygen atoms in total. The van der Waals surface area contributed by atoms with E-state index in [1.807, 2.05) is 0 Å². The van der Waals surface area contributed by atoms with Crippen molar-refractivity contribution in [3.05, 3.63) is 53.1 Å². The summed E-state index contributed by atoms with van der Waals surface area (Å²) in [6.07, 6.45) is 0. The Kier molecular flexibility index (Phi) is 3.52. The van der Waals surface area contributed by atoms with Gasteiger partial charge in [-0.1, -0.05) is 23.7 Å². The molecule has 3 rings (SSSR count). The molecular weight excluding hydrogens is 306 g/mol. The van der Waals surface area contributed by atoms with E-state index in [9.17, 15) is 9.90 Å². The number of aromatic nitrogens is 1. The third kappa shape index (κ3) is 2.51. The first-order valence-electron chi connectivity index (χ1n) is 6.30. The van der Waals surface area contributed by atoms with E-state index in [1.54, 1.807) is 30.3 Å². The predicted molar refractivity (Wildman–Crippen MR) is 82.6 cm³/mol. The second-order valence-corrected chi connectivity index (χ2v) is 4.95. The topological polar surface area (TPSA) is 98.0 Å². The zero-order chi connectivity index (χ0) is 15.7. The van der Waals surface area contributed by atoms with Crippen LogP contribution >= 0.6 is 11.6 Å².